The van der Waals surface area contributed by atoms with E-state index in [0.717, 1.165) is 5.56 Å². The predicted octanol–water partition coefficient (Wildman–Crippen LogP) is 1.86. The highest BCUT2D eigenvalue weighted by Gasteiger charge is 1.97. The van der Waals surface area contributed by atoms with Crippen molar-refractivity contribution in [1.29, 1.82) is 0 Å². The Hall–Kier alpha value is -0.840. The van der Waals surface area contributed by atoms with Crippen LogP contribution in [-0.2, 0) is 15.4 Å². The van der Waals surface area contributed by atoms with Crippen molar-refractivity contribution in [2.45, 2.75) is 5.88 Å². The molecule has 0 unspecified atom stereocenters. The van der Waals surface area contributed by atoms with E-state index in [1.807, 2.05) is 12.1 Å². The standard InChI is InChI=1S/C11H16ClNO3/c1-14-4-5-15-6-7-16-11-8-10(9-12)2-3-13-11/h2-3,8H,4-7,9H2,1H3. The molecule has 0 aliphatic carbocycles. The fraction of sp³-hybridized carbons (Fsp3) is 0.545. The van der Waals surface area contributed by atoms with Crippen LogP contribution in [0.4, 0.5) is 0 Å². The van der Waals surface area contributed by atoms with Gasteiger partial charge in [-0.25, -0.2) is 4.98 Å². The van der Waals surface area contributed by atoms with Crippen LogP contribution in [0.25, 0.3) is 0 Å². The first-order valence-electron chi connectivity index (χ1n) is 5.07. The van der Waals surface area contributed by atoms with Gasteiger partial charge in [-0.3, -0.25) is 0 Å². The van der Waals surface area contributed by atoms with Crippen LogP contribution in [0.5, 0.6) is 5.88 Å². The van der Waals surface area contributed by atoms with Gasteiger partial charge in [-0.1, -0.05) is 0 Å². The SMILES string of the molecule is COCCOCCOc1cc(CCl)ccn1. The van der Waals surface area contributed by atoms with Crippen molar-refractivity contribution in [3.05, 3.63) is 23.9 Å². The zero-order valence-electron chi connectivity index (χ0n) is 9.32. The topological polar surface area (TPSA) is 40.6 Å². The van der Waals surface area contributed by atoms with Gasteiger partial charge in [-0.05, 0) is 11.6 Å². The summed E-state index contributed by atoms with van der Waals surface area (Å²) in [6.45, 7) is 2.17. The number of rotatable bonds is 8. The fourth-order valence-corrected chi connectivity index (χ4v) is 1.23. The Balaban J connectivity index is 2.16. The Morgan fingerprint density at radius 2 is 2.06 bits per heavy atom. The van der Waals surface area contributed by atoms with E-state index in [2.05, 4.69) is 4.98 Å². The smallest absolute Gasteiger partial charge is 0.213 e. The van der Waals surface area contributed by atoms with Gasteiger partial charge in [-0.15, -0.1) is 11.6 Å². The van der Waals surface area contributed by atoms with Gasteiger partial charge in [0.05, 0.1) is 19.8 Å². The summed E-state index contributed by atoms with van der Waals surface area (Å²) in [4.78, 5) is 4.06. The molecule has 0 radical (unpaired) electrons. The predicted molar refractivity (Wildman–Crippen MR) is 62.0 cm³/mol. The van der Waals surface area contributed by atoms with Crippen molar-refractivity contribution in [2.24, 2.45) is 0 Å². The van der Waals surface area contributed by atoms with E-state index >= 15 is 0 Å². The number of pyridine rings is 1. The van der Waals surface area contributed by atoms with Crippen molar-refractivity contribution in [3.63, 3.8) is 0 Å². The molecule has 1 aromatic rings. The average Bonchev–Trinajstić information content (AvgIpc) is 2.34. The molecular weight excluding hydrogens is 230 g/mol. The zero-order valence-corrected chi connectivity index (χ0v) is 10.1. The Morgan fingerprint density at radius 3 is 2.81 bits per heavy atom. The minimum Gasteiger partial charge on any atom is -0.475 e. The Kier molecular flexibility index (Phi) is 6.88. The molecule has 5 heteroatoms. The fourth-order valence-electron chi connectivity index (χ4n) is 1.06. The molecule has 0 aliphatic rings. The number of nitrogens with zero attached hydrogens (tertiary/aromatic N) is 1. The van der Waals surface area contributed by atoms with Crippen molar-refractivity contribution < 1.29 is 14.2 Å². The molecule has 0 fully saturated rings. The minimum atomic E-state index is 0.462. The Morgan fingerprint density at radius 1 is 1.25 bits per heavy atom. The lowest BCUT2D eigenvalue weighted by atomic mass is 10.3. The molecule has 1 aromatic heterocycles. The molecule has 1 heterocycles. The van der Waals surface area contributed by atoms with Crippen molar-refractivity contribution in [1.82, 2.24) is 4.98 Å². The zero-order chi connectivity index (χ0) is 11.6. The Bertz CT molecular complexity index is 296. The number of hydrogen-bond donors (Lipinski definition) is 0. The third kappa shape index (κ3) is 5.30. The van der Waals surface area contributed by atoms with Crippen LogP contribution in [-0.4, -0.2) is 38.5 Å². The summed E-state index contributed by atoms with van der Waals surface area (Å²) in [6.07, 6.45) is 1.68. The van der Waals surface area contributed by atoms with Crippen LogP contribution in [0.2, 0.25) is 0 Å². The van der Waals surface area contributed by atoms with Gasteiger partial charge < -0.3 is 14.2 Å². The lowest BCUT2D eigenvalue weighted by molar-refractivity contribution is 0.0537. The van der Waals surface area contributed by atoms with Gasteiger partial charge in [-0.2, -0.15) is 0 Å². The molecule has 4 nitrogen and oxygen atoms in total. The van der Waals surface area contributed by atoms with E-state index in [0.29, 0.717) is 38.2 Å². The number of halogens is 1. The van der Waals surface area contributed by atoms with Gasteiger partial charge >= 0.3 is 0 Å². The van der Waals surface area contributed by atoms with E-state index in [1.54, 1.807) is 13.3 Å². The van der Waals surface area contributed by atoms with E-state index in [4.69, 9.17) is 25.8 Å². The molecule has 1 rings (SSSR count). The maximum absolute atomic E-state index is 5.70. The van der Waals surface area contributed by atoms with Gasteiger partial charge in [0.15, 0.2) is 0 Å². The number of alkyl halides is 1. The largest absolute Gasteiger partial charge is 0.475 e. The molecule has 90 valence electrons. The monoisotopic (exact) mass is 245 g/mol. The molecule has 0 saturated carbocycles. The first kappa shape index (κ1) is 13.2. The highest BCUT2D eigenvalue weighted by molar-refractivity contribution is 6.17. The van der Waals surface area contributed by atoms with E-state index in [1.165, 1.54) is 0 Å². The molecule has 0 aliphatic heterocycles. The molecule has 0 aromatic carbocycles. The first-order valence-corrected chi connectivity index (χ1v) is 5.60. The van der Waals surface area contributed by atoms with Crippen LogP contribution in [0.3, 0.4) is 0 Å². The molecule has 0 spiro atoms. The van der Waals surface area contributed by atoms with Gasteiger partial charge in [0.25, 0.3) is 0 Å². The molecular formula is C11H16ClNO3. The minimum absolute atomic E-state index is 0.462. The van der Waals surface area contributed by atoms with Crippen LogP contribution in [0, 0.1) is 0 Å². The van der Waals surface area contributed by atoms with Crippen LogP contribution >= 0.6 is 11.6 Å². The highest BCUT2D eigenvalue weighted by Crippen LogP contribution is 2.10. The van der Waals surface area contributed by atoms with E-state index in [9.17, 15) is 0 Å². The van der Waals surface area contributed by atoms with Crippen LogP contribution < -0.4 is 4.74 Å². The summed E-state index contributed by atoms with van der Waals surface area (Å²) < 4.78 is 15.5. The van der Waals surface area contributed by atoms with E-state index in [-0.39, 0.29) is 0 Å². The normalized spacial score (nSPS) is 10.4. The summed E-state index contributed by atoms with van der Waals surface area (Å²) in [6, 6.07) is 3.68. The number of methoxy groups -OCH3 is 1. The second-order valence-electron chi connectivity index (χ2n) is 3.09. The summed E-state index contributed by atoms with van der Waals surface area (Å²) >= 11 is 5.70. The second kappa shape index (κ2) is 8.33. The number of aromatic nitrogens is 1. The summed E-state index contributed by atoms with van der Waals surface area (Å²) in [5.41, 5.74) is 0.993. The molecule has 16 heavy (non-hydrogen) atoms. The highest BCUT2D eigenvalue weighted by atomic mass is 35.5. The first-order chi connectivity index (χ1) is 7.86. The molecule has 0 bridgehead atoms. The van der Waals surface area contributed by atoms with Gasteiger partial charge in [0, 0.05) is 25.3 Å². The number of hydrogen-bond acceptors (Lipinski definition) is 4. The Labute approximate surface area is 100 Å². The second-order valence-corrected chi connectivity index (χ2v) is 3.36. The molecule has 0 N–H and O–H groups in total. The molecule has 0 atom stereocenters. The van der Waals surface area contributed by atoms with E-state index < -0.39 is 0 Å². The summed E-state index contributed by atoms with van der Waals surface area (Å²) in [7, 11) is 1.64. The van der Waals surface area contributed by atoms with Crippen molar-refractivity contribution in [2.75, 3.05) is 33.5 Å². The van der Waals surface area contributed by atoms with Gasteiger partial charge in [0.2, 0.25) is 5.88 Å². The molecule has 0 saturated heterocycles. The number of ether oxygens (including phenoxy) is 3. The maximum atomic E-state index is 5.70. The average molecular weight is 246 g/mol. The lowest BCUT2D eigenvalue weighted by Crippen LogP contribution is -2.10. The third-order valence-electron chi connectivity index (χ3n) is 1.86. The maximum Gasteiger partial charge on any atom is 0.213 e. The third-order valence-corrected chi connectivity index (χ3v) is 2.17. The quantitative estimate of drug-likeness (QED) is 0.518. The summed E-state index contributed by atoms with van der Waals surface area (Å²) in [5.74, 6) is 1.04. The summed E-state index contributed by atoms with van der Waals surface area (Å²) in [5, 5.41) is 0. The van der Waals surface area contributed by atoms with Gasteiger partial charge in [0.1, 0.15) is 6.61 Å². The van der Waals surface area contributed by atoms with Crippen LogP contribution in [0.1, 0.15) is 5.56 Å². The van der Waals surface area contributed by atoms with Crippen LogP contribution in [0.15, 0.2) is 18.3 Å². The van der Waals surface area contributed by atoms with Crippen molar-refractivity contribution >= 4 is 11.6 Å². The lowest BCUT2D eigenvalue weighted by Gasteiger charge is -2.06. The van der Waals surface area contributed by atoms with Crippen molar-refractivity contribution in [3.8, 4) is 5.88 Å². The molecule has 0 amide bonds.